The molecule has 0 saturated carbocycles. The predicted octanol–water partition coefficient (Wildman–Crippen LogP) is 1.55. The predicted molar refractivity (Wildman–Crippen MR) is 157 cm³/mol. The first-order valence-electron chi connectivity index (χ1n) is 13.3. The van der Waals surface area contributed by atoms with E-state index >= 15 is 0 Å². The maximum absolute atomic E-state index is 13.5. The van der Waals surface area contributed by atoms with Crippen LogP contribution in [0.25, 0.3) is 0 Å². The van der Waals surface area contributed by atoms with Gasteiger partial charge >= 0.3 is 5.97 Å². The molecule has 11 nitrogen and oxygen atoms in total. The van der Waals surface area contributed by atoms with Crippen LogP contribution in [-0.2, 0) is 32.0 Å². The summed E-state index contributed by atoms with van der Waals surface area (Å²) in [5.41, 5.74) is 7.48. The van der Waals surface area contributed by atoms with Gasteiger partial charge in [-0.05, 0) is 72.6 Å². The average Bonchev–Trinajstić information content (AvgIpc) is 2.92. The summed E-state index contributed by atoms with van der Waals surface area (Å²) in [6.07, 6.45) is 2.52. The number of rotatable bonds is 16. The van der Waals surface area contributed by atoms with E-state index in [2.05, 4.69) is 16.0 Å². The maximum Gasteiger partial charge on any atom is 0.326 e. The molecule has 0 spiro atoms. The van der Waals surface area contributed by atoms with Crippen LogP contribution in [0.3, 0.4) is 0 Å². The van der Waals surface area contributed by atoms with Crippen molar-refractivity contribution in [2.75, 3.05) is 12.0 Å². The van der Waals surface area contributed by atoms with E-state index in [1.54, 1.807) is 24.3 Å². The van der Waals surface area contributed by atoms with Gasteiger partial charge in [-0.3, -0.25) is 14.4 Å². The van der Waals surface area contributed by atoms with Crippen molar-refractivity contribution in [3.8, 4) is 11.5 Å². The quantitative estimate of drug-likeness (QED) is 0.152. The number of hydrogen-bond acceptors (Lipinski definition) is 8. The standard InChI is InChI=1S/C29H40N4O7S/c1-17(2)14-25(29(39)40)33-27(37)23(12-13-41-3)31-28(38)24(16-19-6-10-21(35)11-7-19)32-26(36)22(30)15-18-4-8-20(34)9-5-18/h4-11,17,22-25,34-35H,12-16,30H2,1-3H3,(H,31,38)(H,32,36)(H,33,37)(H,39,40). The third-order valence-electron chi connectivity index (χ3n) is 6.30. The number of nitrogens with one attached hydrogen (secondary N) is 3. The molecule has 4 atom stereocenters. The van der Waals surface area contributed by atoms with Crippen molar-refractivity contribution in [3.63, 3.8) is 0 Å². The Hall–Kier alpha value is -3.77. The lowest BCUT2D eigenvalue weighted by atomic mass is 10.0. The number of aromatic hydroxyl groups is 2. The molecule has 0 bridgehead atoms. The van der Waals surface area contributed by atoms with E-state index in [1.807, 2.05) is 20.1 Å². The SMILES string of the molecule is CSCCC(NC(=O)C(Cc1ccc(O)cc1)NC(=O)C(N)Cc1ccc(O)cc1)C(=O)NC(CC(C)C)C(=O)O. The molecule has 2 rings (SSSR count). The number of carbonyl (C=O) groups excluding carboxylic acids is 3. The highest BCUT2D eigenvalue weighted by molar-refractivity contribution is 7.98. The lowest BCUT2D eigenvalue weighted by Crippen LogP contribution is -2.58. The third-order valence-corrected chi connectivity index (χ3v) is 6.95. The lowest BCUT2D eigenvalue weighted by molar-refractivity contribution is -0.142. The van der Waals surface area contributed by atoms with Gasteiger partial charge < -0.3 is 37.0 Å². The number of thioether (sulfide) groups is 1. The van der Waals surface area contributed by atoms with Crippen LogP contribution in [-0.4, -0.2) is 75.2 Å². The zero-order chi connectivity index (χ0) is 30.5. The van der Waals surface area contributed by atoms with Gasteiger partial charge in [0.05, 0.1) is 6.04 Å². The van der Waals surface area contributed by atoms with E-state index < -0.39 is 47.9 Å². The molecular weight excluding hydrogens is 548 g/mol. The molecule has 0 heterocycles. The van der Waals surface area contributed by atoms with Crippen LogP contribution >= 0.6 is 11.8 Å². The third kappa shape index (κ3) is 11.7. The van der Waals surface area contributed by atoms with Crippen LogP contribution in [0.2, 0.25) is 0 Å². The number of phenols is 2. The molecule has 2 aromatic carbocycles. The minimum Gasteiger partial charge on any atom is -0.508 e. The van der Waals surface area contributed by atoms with Crippen LogP contribution in [0, 0.1) is 5.92 Å². The summed E-state index contributed by atoms with van der Waals surface area (Å²) in [5, 5.41) is 36.6. The molecule has 12 heteroatoms. The highest BCUT2D eigenvalue weighted by Crippen LogP contribution is 2.14. The van der Waals surface area contributed by atoms with E-state index in [-0.39, 0.29) is 43.1 Å². The second kappa shape index (κ2) is 16.5. The number of carboxylic acids is 1. The van der Waals surface area contributed by atoms with Crippen molar-refractivity contribution in [2.45, 2.75) is 63.7 Å². The Morgan fingerprint density at radius 2 is 1.22 bits per heavy atom. The van der Waals surface area contributed by atoms with Crippen molar-refractivity contribution < 1.29 is 34.5 Å². The Balaban J connectivity index is 2.22. The van der Waals surface area contributed by atoms with Gasteiger partial charge in [-0.25, -0.2) is 4.79 Å². The van der Waals surface area contributed by atoms with Gasteiger partial charge in [0.1, 0.15) is 29.6 Å². The largest absolute Gasteiger partial charge is 0.508 e. The molecule has 0 aromatic heterocycles. The molecule has 3 amide bonds. The molecule has 0 radical (unpaired) electrons. The smallest absolute Gasteiger partial charge is 0.326 e. The molecule has 0 aliphatic heterocycles. The van der Waals surface area contributed by atoms with Crippen LogP contribution in [0.5, 0.6) is 11.5 Å². The van der Waals surface area contributed by atoms with Gasteiger partial charge in [0.25, 0.3) is 0 Å². The molecule has 0 aliphatic rings. The van der Waals surface area contributed by atoms with Gasteiger partial charge in [0.15, 0.2) is 0 Å². The molecule has 224 valence electrons. The van der Waals surface area contributed by atoms with Gasteiger partial charge in [0.2, 0.25) is 17.7 Å². The zero-order valence-electron chi connectivity index (χ0n) is 23.5. The normalized spacial score (nSPS) is 14.0. The number of phenolic OH excluding ortho intramolecular Hbond substituents is 2. The Kier molecular flexibility index (Phi) is 13.4. The molecule has 0 saturated heterocycles. The summed E-state index contributed by atoms with van der Waals surface area (Å²) in [5.74, 6) is -2.36. The van der Waals surface area contributed by atoms with E-state index in [0.29, 0.717) is 16.9 Å². The summed E-state index contributed by atoms with van der Waals surface area (Å²) in [7, 11) is 0. The number of nitrogens with two attached hydrogens (primary N) is 1. The van der Waals surface area contributed by atoms with Crippen LogP contribution < -0.4 is 21.7 Å². The average molecular weight is 589 g/mol. The van der Waals surface area contributed by atoms with Crippen molar-refractivity contribution in [2.24, 2.45) is 11.7 Å². The first-order valence-corrected chi connectivity index (χ1v) is 14.7. The molecule has 4 unspecified atom stereocenters. The molecular formula is C29H40N4O7S. The fraction of sp³-hybridized carbons (Fsp3) is 0.448. The van der Waals surface area contributed by atoms with E-state index in [4.69, 9.17) is 5.73 Å². The topological polar surface area (TPSA) is 191 Å². The number of carboxylic acid groups (broad SMARTS) is 1. The molecule has 0 fully saturated rings. The Bertz CT molecular complexity index is 1160. The Morgan fingerprint density at radius 1 is 0.756 bits per heavy atom. The Morgan fingerprint density at radius 3 is 1.71 bits per heavy atom. The minimum atomic E-state index is -1.16. The van der Waals surface area contributed by atoms with Crippen molar-refractivity contribution in [1.82, 2.24) is 16.0 Å². The van der Waals surface area contributed by atoms with Crippen molar-refractivity contribution in [3.05, 3.63) is 59.7 Å². The van der Waals surface area contributed by atoms with Crippen LogP contribution in [0.15, 0.2) is 48.5 Å². The first kappa shape index (κ1) is 33.4. The van der Waals surface area contributed by atoms with E-state index in [9.17, 15) is 34.5 Å². The summed E-state index contributed by atoms with van der Waals surface area (Å²) >= 11 is 1.47. The van der Waals surface area contributed by atoms with Crippen LogP contribution in [0.1, 0.15) is 37.8 Å². The second-order valence-electron chi connectivity index (χ2n) is 10.3. The second-order valence-corrected chi connectivity index (χ2v) is 11.3. The van der Waals surface area contributed by atoms with Gasteiger partial charge in [-0.2, -0.15) is 11.8 Å². The van der Waals surface area contributed by atoms with Gasteiger partial charge in [0, 0.05) is 6.42 Å². The van der Waals surface area contributed by atoms with Gasteiger partial charge in [-0.15, -0.1) is 0 Å². The highest BCUT2D eigenvalue weighted by Gasteiger charge is 2.30. The summed E-state index contributed by atoms with van der Waals surface area (Å²) in [6, 6.07) is 8.12. The zero-order valence-corrected chi connectivity index (χ0v) is 24.3. The van der Waals surface area contributed by atoms with Crippen molar-refractivity contribution in [1.29, 1.82) is 0 Å². The Labute approximate surface area is 244 Å². The first-order chi connectivity index (χ1) is 19.4. The fourth-order valence-electron chi connectivity index (χ4n) is 4.08. The monoisotopic (exact) mass is 588 g/mol. The van der Waals surface area contributed by atoms with Crippen LogP contribution in [0.4, 0.5) is 0 Å². The molecule has 2 aromatic rings. The number of hydrogen-bond donors (Lipinski definition) is 7. The van der Waals surface area contributed by atoms with E-state index in [0.717, 1.165) is 0 Å². The number of benzene rings is 2. The van der Waals surface area contributed by atoms with E-state index in [1.165, 1.54) is 36.0 Å². The highest BCUT2D eigenvalue weighted by atomic mass is 32.2. The minimum absolute atomic E-state index is 0.0197. The summed E-state index contributed by atoms with van der Waals surface area (Å²) in [4.78, 5) is 51.3. The molecule has 0 aliphatic carbocycles. The number of aliphatic carboxylic acids is 1. The molecule has 41 heavy (non-hydrogen) atoms. The summed E-state index contributed by atoms with van der Waals surface area (Å²) in [6.45, 7) is 3.69. The van der Waals surface area contributed by atoms with Gasteiger partial charge in [-0.1, -0.05) is 38.1 Å². The lowest BCUT2D eigenvalue weighted by Gasteiger charge is -2.25. The fourth-order valence-corrected chi connectivity index (χ4v) is 4.55. The summed E-state index contributed by atoms with van der Waals surface area (Å²) < 4.78 is 0. The number of amides is 3. The van der Waals surface area contributed by atoms with Crippen molar-refractivity contribution >= 4 is 35.5 Å². The molecule has 8 N–H and O–H groups in total. The number of carbonyl (C=O) groups is 4. The maximum atomic E-state index is 13.5.